The molecule has 0 aliphatic carbocycles. The lowest BCUT2D eigenvalue weighted by Gasteiger charge is -2.16. The van der Waals surface area contributed by atoms with Crippen LogP contribution in [0.2, 0.25) is 0 Å². The van der Waals surface area contributed by atoms with E-state index in [1.54, 1.807) is 6.07 Å². The maximum absolute atomic E-state index is 9.61. The summed E-state index contributed by atoms with van der Waals surface area (Å²) in [6.45, 7) is 0. The van der Waals surface area contributed by atoms with Gasteiger partial charge in [0.05, 0.1) is 6.10 Å². The minimum Gasteiger partial charge on any atom is -0.389 e. The molecule has 0 heterocycles. The van der Waals surface area contributed by atoms with Gasteiger partial charge in [-0.15, -0.1) is 0 Å². The minimum atomic E-state index is -0.841. The molecule has 2 unspecified atom stereocenters. The van der Waals surface area contributed by atoms with Crippen molar-refractivity contribution in [3.8, 4) is 0 Å². The fourth-order valence-electron chi connectivity index (χ4n) is 1.01. The molecule has 2 nitrogen and oxygen atoms in total. The van der Waals surface area contributed by atoms with Gasteiger partial charge in [0.1, 0.15) is 6.10 Å². The van der Waals surface area contributed by atoms with Crippen LogP contribution in [0.3, 0.4) is 0 Å². The van der Waals surface area contributed by atoms with E-state index < -0.39 is 12.2 Å². The van der Waals surface area contributed by atoms with E-state index >= 15 is 0 Å². The van der Waals surface area contributed by atoms with E-state index in [0.29, 0.717) is 0 Å². The molecule has 2 atom stereocenters. The first-order valence-electron chi connectivity index (χ1n) is 3.87. The maximum atomic E-state index is 9.61. The van der Waals surface area contributed by atoms with Crippen LogP contribution in [-0.4, -0.2) is 22.1 Å². The Morgan fingerprint density at radius 1 is 1.38 bits per heavy atom. The van der Waals surface area contributed by atoms with Crippen LogP contribution in [0.5, 0.6) is 0 Å². The van der Waals surface area contributed by atoms with Crippen molar-refractivity contribution < 1.29 is 10.2 Å². The topological polar surface area (TPSA) is 40.5 Å². The van der Waals surface area contributed by atoms with Crippen LogP contribution >= 0.6 is 35.2 Å². The molecule has 0 saturated carbocycles. The van der Waals surface area contributed by atoms with Gasteiger partial charge in [-0.2, -0.15) is 12.6 Å². The monoisotopic (exact) mass is 310 g/mol. The highest BCUT2D eigenvalue weighted by Gasteiger charge is 2.16. The fourth-order valence-corrected chi connectivity index (χ4v) is 1.78. The standard InChI is InChI=1S/C9H11IO2S/c10-7-3-1-2-6(4-7)9(12)8(11)5-13/h1-4,8-9,11-13H,5H2. The molecule has 72 valence electrons. The molecule has 0 fully saturated rings. The van der Waals surface area contributed by atoms with Gasteiger partial charge in [-0.05, 0) is 40.3 Å². The second-order valence-corrected chi connectivity index (χ2v) is 4.36. The van der Waals surface area contributed by atoms with Gasteiger partial charge in [-0.25, -0.2) is 0 Å². The first-order chi connectivity index (χ1) is 6.15. The molecular formula is C9H11IO2S. The van der Waals surface area contributed by atoms with Crippen LogP contribution in [0.4, 0.5) is 0 Å². The van der Waals surface area contributed by atoms with Crippen molar-refractivity contribution in [1.29, 1.82) is 0 Å². The molecule has 1 aromatic rings. The molecule has 0 saturated heterocycles. The molecule has 0 aliphatic heterocycles. The molecule has 4 heteroatoms. The van der Waals surface area contributed by atoms with Crippen LogP contribution in [0.15, 0.2) is 24.3 Å². The highest BCUT2D eigenvalue weighted by molar-refractivity contribution is 14.1. The highest BCUT2D eigenvalue weighted by atomic mass is 127. The van der Waals surface area contributed by atoms with Gasteiger partial charge in [0.2, 0.25) is 0 Å². The van der Waals surface area contributed by atoms with Crippen LogP contribution in [0.1, 0.15) is 11.7 Å². The Hall–Kier alpha value is 0.220. The Kier molecular flexibility index (Phi) is 4.51. The Morgan fingerprint density at radius 3 is 2.62 bits per heavy atom. The SMILES string of the molecule is OC(CS)C(O)c1cccc(I)c1. The van der Waals surface area contributed by atoms with Crippen molar-refractivity contribution in [2.24, 2.45) is 0 Å². The van der Waals surface area contributed by atoms with E-state index in [0.717, 1.165) is 9.13 Å². The Labute approximate surface area is 96.5 Å². The lowest BCUT2D eigenvalue weighted by molar-refractivity contribution is 0.0337. The van der Waals surface area contributed by atoms with Gasteiger partial charge in [-0.3, -0.25) is 0 Å². The van der Waals surface area contributed by atoms with Crippen molar-refractivity contribution in [3.63, 3.8) is 0 Å². The third-order valence-electron chi connectivity index (χ3n) is 1.74. The highest BCUT2D eigenvalue weighted by Crippen LogP contribution is 2.19. The average molecular weight is 310 g/mol. The molecule has 0 bridgehead atoms. The number of aliphatic hydroxyl groups is 2. The van der Waals surface area contributed by atoms with Crippen LogP contribution in [0.25, 0.3) is 0 Å². The number of benzene rings is 1. The molecule has 1 rings (SSSR count). The minimum absolute atomic E-state index is 0.257. The van der Waals surface area contributed by atoms with E-state index in [-0.39, 0.29) is 5.75 Å². The molecule has 0 aromatic heterocycles. The first kappa shape index (κ1) is 11.3. The first-order valence-corrected chi connectivity index (χ1v) is 5.58. The van der Waals surface area contributed by atoms with Crippen molar-refractivity contribution in [1.82, 2.24) is 0 Å². The Morgan fingerprint density at radius 2 is 2.08 bits per heavy atom. The fraction of sp³-hybridized carbons (Fsp3) is 0.333. The molecule has 0 aliphatic rings. The van der Waals surface area contributed by atoms with Gasteiger partial charge in [0.15, 0.2) is 0 Å². The molecule has 0 radical (unpaired) electrons. The second kappa shape index (κ2) is 5.19. The van der Waals surface area contributed by atoms with Gasteiger partial charge in [0.25, 0.3) is 0 Å². The number of aliphatic hydroxyl groups excluding tert-OH is 2. The summed E-state index contributed by atoms with van der Waals surface area (Å²) in [4.78, 5) is 0. The van der Waals surface area contributed by atoms with Gasteiger partial charge >= 0.3 is 0 Å². The average Bonchev–Trinajstić information content (AvgIpc) is 2.15. The van der Waals surface area contributed by atoms with Crippen molar-refractivity contribution >= 4 is 35.2 Å². The third-order valence-corrected chi connectivity index (χ3v) is 2.79. The third kappa shape index (κ3) is 3.12. The molecule has 0 amide bonds. The summed E-state index contributed by atoms with van der Waals surface area (Å²) in [6.07, 6.45) is -1.64. The quantitative estimate of drug-likeness (QED) is 0.586. The lowest BCUT2D eigenvalue weighted by Crippen LogP contribution is -2.19. The van der Waals surface area contributed by atoms with Crippen LogP contribution in [-0.2, 0) is 0 Å². The summed E-state index contributed by atoms with van der Waals surface area (Å²) in [5, 5.41) is 19.0. The molecular weight excluding hydrogens is 299 g/mol. The zero-order valence-electron chi connectivity index (χ0n) is 6.89. The number of rotatable bonds is 3. The number of thiol groups is 1. The molecule has 1 aromatic carbocycles. The van der Waals surface area contributed by atoms with Crippen LogP contribution in [0, 0.1) is 3.57 Å². The molecule has 0 spiro atoms. The number of hydrogen-bond acceptors (Lipinski definition) is 3. The van der Waals surface area contributed by atoms with Gasteiger partial charge < -0.3 is 10.2 Å². The van der Waals surface area contributed by atoms with E-state index in [4.69, 9.17) is 0 Å². The molecule has 13 heavy (non-hydrogen) atoms. The zero-order valence-corrected chi connectivity index (χ0v) is 9.94. The Balaban J connectivity index is 2.82. The largest absolute Gasteiger partial charge is 0.389 e. The summed E-state index contributed by atoms with van der Waals surface area (Å²) >= 11 is 6.08. The number of halogens is 1. The van der Waals surface area contributed by atoms with Crippen LogP contribution < -0.4 is 0 Å². The van der Waals surface area contributed by atoms with E-state index in [9.17, 15) is 10.2 Å². The van der Waals surface area contributed by atoms with Crippen molar-refractivity contribution in [2.75, 3.05) is 5.75 Å². The predicted molar refractivity (Wildman–Crippen MR) is 64.0 cm³/mol. The number of hydrogen-bond donors (Lipinski definition) is 3. The van der Waals surface area contributed by atoms with Gasteiger partial charge in [0, 0.05) is 9.32 Å². The maximum Gasteiger partial charge on any atom is 0.106 e. The van der Waals surface area contributed by atoms with E-state index in [1.807, 2.05) is 18.2 Å². The Bertz CT molecular complexity index is 280. The lowest BCUT2D eigenvalue weighted by atomic mass is 10.1. The predicted octanol–water partition coefficient (Wildman–Crippen LogP) is 1.62. The summed E-state index contributed by atoms with van der Waals surface area (Å²) in [5.41, 5.74) is 0.730. The summed E-state index contributed by atoms with van der Waals surface area (Å²) in [6, 6.07) is 7.42. The molecule has 2 N–H and O–H groups in total. The summed E-state index contributed by atoms with van der Waals surface area (Å²) < 4.78 is 1.04. The smallest absolute Gasteiger partial charge is 0.106 e. The van der Waals surface area contributed by atoms with Crippen molar-refractivity contribution in [2.45, 2.75) is 12.2 Å². The zero-order chi connectivity index (χ0) is 9.84. The second-order valence-electron chi connectivity index (χ2n) is 2.75. The van der Waals surface area contributed by atoms with Crippen molar-refractivity contribution in [3.05, 3.63) is 33.4 Å². The van der Waals surface area contributed by atoms with E-state index in [2.05, 4.69) is 35.2 Å². The summed E-state index contributed by atoms with van der Waals surface area (Å²) in [7, 11) is 0. The normalized spacial score (nSPS) is 15.4. The van der Waals surface area contributed by atoms with E-state index in [1.165, 1.54) is 0 Å². The summed E-state index contributed by atoms with van der Waals surface area (Å²) in [5.74, 6) is 0.257. The van der Waals surface area contributed by atoms with Gasteiger partial charge in [-0.1, -0.05) is 12.1 Å².